The number of hydrogen-bond donors (Lipinski definition) is 1. The zero-order valence-electron chi connectivity index (χ0n) is 9.05. The third kappa shape index (κ3) is 2.70. The Morgan fingerprint density at radius 3 is 2.23 bits per heavy atom. The molecule has 0 aliphatic heterocycles. The van der Waals surface area contributed by atoms with Crippen LogP contribution in [-0.2, 0) is 0 Å². The van der Waals surface area contributed by atoms with Gasteiger partial charge in [0.2, 0.25) is 0 Å². The molecule has 2 aliphatic rings. The minimum atomic E-state index is 0.874. The molecule has 0 spiro atoms. The molecule has 13 heavy (non-hydrogen) atoms. The Morgan fingerprint density at radius 1 is 1.08 bits per heavy atom. The van der Waals surface area contributed by atoms with Gasteiger partial charge in [0.1, 0.15) is 0 Å². The smallest absolute Gasteiger partial charge is 0.00965 e. The molecule has 0 heterocycles. The number of rotatable bonds is 3. The fraction of sp³-hybridized carbons (Fsp3) is 1.00. The molecule has 1 N–H and O–H groups in total. The zero-order valence-corrected chi connectivity index (χ0v) is 9.05. The van der Waals surface area contributed by atoms with Crippen molar-refractivity contribution in [1.29, 1.82) is 0 Å². The topological polar surface area (TPSA) is 12.0 Å². The highest BCUT2D eigenvalue weighted by Crippen LogP contribution is 2.31. The van der Waals surface area contributed by atoms with Crippen LogP contribution in [0.5, 0.6) is 0 Å². The van der Waals surface area contributed by atoms with Crippen molar-refractivity contribution in [3.8, 4) is 0 Å². The molecule has 0 bridgehead atoms. The molecule has 2 saturated carbocycles. The van der Waals surface area contributed by atoms with Gasteiger partial charge in [-0.1, -0.05) is 26.7 Å². The summed E-state index contributed by atoms with van der Waals surface area (Å²) in [6.45, 7) is 6.04. The van der Waals surface area contributed by atoms with Crippen molar-refractivity contribution in [3.63, 3.8) is 0 Å². The van der Waals surface area contributed by atoms with E-state index in [0.717, 1.165) is 23.8 Å². The molecular weight excluding hydrogens is 158 g/mol. The van der Waals surface area contributed by atoms with Crippen molar-refractivity contribution in [3.05, 3.63) is 0 Å². The molecule has 76 valence electrons. The van der Waals surface area contributed by atoms with Gasteiger partial charge in [-0.25, -0.2) is 0 Å². The van der Waals surface area contributed by atoms with Crippen molar-refractivity contribution >= 4 is 0 Å². The largest absolute Gasteiger partial charge is 0.313 e. The van der Waals surface area contributed by atoms with E-state index in [4.69, 9.17) is 0 Å². The van der Waals surface area contributed by atoms with Gasteiger partial charge >= 0.3 is 0 Å². The lowest BCUT2D eigenvalue weighted by atomic mass is 9.83. The molecule has 1 nitrogen and oxygen atoms in total. The first kappa shape index (κ1) is 9.51. The minimum Gasteiger partial charge on any atom is -0.313 e. The van der Waals surface area contributed by atoms with Crippen LogP contribution < -0.4 is 5.32 Å². The Kier molecular flexibility index (Phi) is 2.92. The Labute approximate surface area is 82.3 Å². The average Bonchev–Trinajstić information content (AvgIpc) is 2.81. The van der Waals surface area contributed by atoms with Crippen LogP contribution >= 0.6 is 0 Å². The maximum Gasteiger partial charge on any atom is 0.00965 e. The van der Waals surface area contributed by atoms with Crippen LogP contribution in [0.3, 0.4) is 0 Å². The van der Waals surface area contributed by atoms with Gasteiger partial charge in [0, 0.05) is 6.04 Å². The molecule has 0 unspecified atom stereocenters. The predicted molar refractivity (Wildman–Crippen MR) is 56.7 cm³/mol. The highest BCUT2D eigenvalue weighted by Gasteiger charge is 2.32. The first-order valence-corrected chi connectivity index (χ1v) is 5.99. The van der Waals surface area contributed by atoms with Crippen LogP contribution in [0.2, 0.25) is 0 Å². The molecule has 2 atom stereocenters. The van der Waals surface area contributed by atoms with Gasteiger partial charge < -0.3 is 5.32 Å². The fourth-order valence-corrected chi connectivity index (χ4v) is 2.46. The van der Waals surface area contributed by atoms with Crippen LogP contribution in [0.15, 0.2) is 0 Å². The standard InChI is InChI=1S/C12H23N/c1-9-3-5-11(6-4-9)8-13-12-7-10(12)2/h9-13H,3-8H2,1-2H3/t9?,10-,11?,12-/m1/s1. The summed E-state index contributed by atoms with van der Waals surface area (Å²) in [7, 11) is 0. The maximum atomic E-state index is 3.69. The minimum absolute atomic E-state index is 0.874. The Morgan fingerprint density at radius 2 is 1.69 bits per heavy atom. The third-order valence-corrected chi connectivity index (χ3v) is 3.91. The van der Waals surface area contributed by atoms with Crippen molar-refractivity contribution in [2.24, 2.45) is 17.8 Å². The molecule has 0 amide bonds. The molecule has 0 aromatic heterocycles. The Balaban J connectivity index is 1.60. The summed E-state index contributed by atoms with van der Waals surface area (Å²) in [6, 6.07) is 0.874. The molecule has 2 aliphatic carbocycles. The van der Waals surface area contributed by atoms with E-state index in [9.17, 15) is 0 Å². The summed E-state index contributed by atoms with van der Waals surface area (Å²) in [4.78, 5) is 0. The predicted octanol–water partition coefficient (Wildman–Crippen LogP) is 2.81. The van der Waals surface area contributed by atoms with E-state index < -0.39 is 0 Å². The summed E-state index contributed by atoms with van der Waals surface area (Å²) in [5.41, 5.74) is 0. The maximum absolute atomic E-state index is 3.69. The van der Waals surface area contributed by atoms with Crippen LogP contribution in [0.1, 0.15) is 46.0 Å². The van der Waals surface area contributed by atoms with Crippen molar-refractivity contribution in [2.75, 3.05) is 6.54 Å². The second kappa shape index (κ2) is 4.00. The van der Waals surface area contributed by atoms with Crippen molar-refractivity contribution in [1.82, 2.24) is 5.32 Å². The summed E-state index contributed by atoms with van der Waals surface area (Å²) in [5, 5.41) is 3.69. The lowest BCUT2D eigenvalue weighted by Gasteiger charge is -2.26. The van der Waals surface area contributed by atoms with Gasteiger partial charge in [-0.2, -0.15) is 0 Å². The van der Waals surface area contributed by atoms with E-state index in [1.807, 2.05) is 0 Å². The second-order valence-electron chi connectivity index (χ2n) is 5.35. The van der Waals surface area contributed by atoms with Gasteiger partial charge in [-0.3, -0.25) is 0 Å². The number of nitrogens with one attached hydrogen (secondary N) is 1. The lowest BCUT2D eigenvalue weighted by molar-refractivity contribution is 0.280. The van der Waals surface area contributed by atoms with Crippen LogP contribution in [0.25, 0.3) is 0 Å². The lowest BCUT2D eigenvalue weighted by Crippen LogP contribution is -2.28. The molecular formula is C12H23N. The second-order valence-corrected chi connectivity index (χ2v) is 5.35. The molecule has 2 rings (SSSR count). The Bertz CT molecular complexity index is 159. The molecule has 0 aromatic rings. The van der Waals surface area contributed by atoms with E-state index in [0.29, 0.717) is 0 Å². The summed E-state index contributed by atoms with van der Waals surface area (Å²) in [6.07, 6.45) is 7.28. The van der Waals surface area contributed by atoms with Gasteiger partial charge in [-0.15, -0.1) is 0 Å². The number of hydrogen-bond acceptors (Lipinski definition) is 1. The normalized spacial score (nSPS) is 44.8. The van der Waals surface area contributed by atoms with Crippen molar-refractivity contribution in [2.45, 2.75) is 52.0 Å². The average molecular weight is 181 g/mol. The third-order valence-electron chi connectivity index (χ3n) is 3.91. The Hall–Kier alpha value is -0.0400. The first-order valence-electron chi connectivity index (χ1n) is 5.99. The van der Waals surface area contributed by atoms with Gasteiger partial charge in [0.05, 0.1) is 0 Å². The zero-order chi connectivity index (χ0) is 9.26. The monoisotopic (exact) mass is 181 g/mol. The van der Waals surface area contributed by atoms with E-state index in [1.165, 1.54) is 38.6 Å². The van der Waals surface area contributed by atoms with E-state index in [-0.39, 0.29) is 0 Å². The molecule has 0 radical (unpaired) electrons. The van der Waals surface area contributed by atoms with Crippen LogP contribution in [0, 0.1) is 17.8 Å². The van der Waals surface area contributed by atoms with Crippen molar-refractivity contribution < 1.29 is 0 Å². The molecule has 1 heteroatoms. The highest BCUT2D eigenvalue weighted by atomic mass is 15.0. The van der Waals surface area contributed by atoms with Gasteiger partial charge in [-0.05, 0) is 43.6 Å². The molecule has 0 saturated heterocycles. The highest BCUT2D eigenvalue weighted by molar-refractivity contribution is 4.90. The van der Waals surface area contributed by atoms with Gasteiger partial charge in [0.15, 0.2) is 0 Å². The molecule has 0 aromatic carbocycles. The van der Waals surface area contributed by atoms with E-state index >= 15 is 0 Å². The fourth-order valence-electron chi connectivity index (χ4n) is 2.46. The summed E-state index contributed by atoms with van der Waals surface area (Å²) < 4.78 is 0. The van der Waals surface area contributed by atoms with Crippen LogP contribution in [0.4, 0.5) is 0 Å². The summed E-state index contributed by atoms with van der Waals surface area (Å²) in [5.74, 6) is 2.95. The quantitative estimate of drug-likeness (QED) is 0.706. The first-order chi connectivity index (χ1) is 6.25. The van der Waals surface area contributed by atoms with Gasteiger partial charge in [0.25, 0.3) is 0 Å². The van der Waals surface area contributed by atoms with E-state index in [1.54, 1.807) is 0 Å². The SMILES string of the molecule is CC1CCC(CN[C@@H]2C[C@H]2C)CC1. The van der Waals surface area contributed by atoms with Crippen LogP contribution in [-0.4, -0.2) is 12.6 Å². The molecule has 2 fully saturated rings. The van der Waals surface area contributed by atoms with E-state index in [2.05, 4.69) is 19.2 Å². The summed E-state index contributed by atoms with van der Waals surface area (Å²) >= 11 is 0.